The van der Waals surface area contributed by atoms with Crippen LogP contribution in [0, 0.1) is 6.92 Å². The van der Waals surface area contributed by atoms with E-state index in [4.69, 9.17) is 0 Å². The zero-order chi connectivity index (χ0) is 5.11. The molecular weight excluding hydrogens is 180 g/mol. The van der Waals surface area contributed by atoms with Crippen LogP contribution in [0.2, 0.25) is 0 Å². The molecule has 1 aromatic rings. The van der Waals surface area contributed by atoms with Crippen LogP contribution in [-0.4, -0.2) is 4.98 Å². The first-order valence-electron chi connectivity index (χ1n) is 2.26. The standard InChI is InChI=1S/C6H7N.BrH.H3N/c1-6-3-2-4-7-5-6;;/h2-5H,1H3;1H;1H3. The van der Waals surface area contributed by atoms with E-state index in [0.29, 0.717) is 0 Å². The minimum absolute atomic E-state index is 0. The summed E-state index contributed by atoms with van der Waals surface area (Å²) in [4.78, 5) is 3.88. The zero-order valence-corrected chi connectivity index (χ0v) is 7.09. The van der Waals surface area contributed by atoms with Gasteiger partial charge >= 0.3 is 0 Å². The molecule has 9 heavy (non-hydrogen) atoms. The van der Waals surface area contributed by atoms with Gasteiger partial charge in [-0.1, -0.05) is 6.07 Å². The minimum atomic E-state index is 0. The number of hydrogen-bond acceptors (Lipinski definition) is 2. The average molecular weight is 191 g/mol. The maximum absolute atomic E-state index is 3.88. The molecule has 0 aliphatic heterocycles. The molecule has 0 spiro atoms. The second-order valence-corrected chi connectivity index (χ2v) is 1.53. The molecule has 3 N–H and O–H groups in total. The number of aryl methyl sites for hydroxylation is 1. The molecule has 1 rings (SSSR count). The monoisotopic (exact) mass is 190 g/mol. The summed E-state index contributed by atoms with van der Waals surface area (Å²) in [5, 5.41) is 0. The lowest BCUT2D eigenvalue weighted by atomic mass is 10.3. The maximum atomic E-state index is 3.88. The van der Waals surface area contributed by atoms with E-state index in [-0.39, 0.29) is 23.1 Å². The largest absolute Gasteiger partial charge is 0.344 e. The number of rotatable bonds is 0. The Balaban J connectivity index is 0. The predicted molar refractivity (Wildman–Crippen MR) is 44.3 cm³/mol. The van der Waals surface area contributed by atoms with Crippen LogP contribution in [0.5, 0.6) is 0 Å². The van der Waals surface area contributed by atoms with Crippen molar-refractivity contribution in [3.8, 4) is 0 Å². The van der Waals surface area contributed by atoms with Crippen molar-refractivity contribution in [1.82, 2.24) is 11.1 Å². The summed E-state index contributed by atoms with van der Waals surface area (Å²) >= 11 is 0. The number of halogens is 1. The van der Waals surface area contributed by atoms with Crippen molar-refractivity contribution in [2.75, 3.05) is 0 Å². The molecular formula is C6H11BrN2. The van der Waals surface area contributed by atoms with Crippen LogP contribution in [0.1, 0.15) is 5.56 Å². The first-order valence-corrected chi connectivity index (χ1v) is 2.26. The van der Waals surface area contributed by atoms with E-state index < -0.39 is 0 Å². The van der Waals surface area contributed by atoms with Gasteiger partial charge in [-0.25, -0.2) is 0 Å². The van der Waals surface area contributed by atoms with Gasteiger partial charge in [0.25, 0.3) is 0 Å². The molecule has 0 aromatic carbocycles. The van der Waals surface area contributed by atoms with Crippen LogP contribution >= 0.6 is 17.0 Å². The molecule has 0 bridgehead atoms. The molecule has 0 unspecified atom stereocenters. The molecule has 0 amide bonds. The second-order valence-electron chi connectivity index (χ2n) is 1.53. The molecule has 1 heterocycles. The van der Waals surface area contributed by atoms with Crippen LogP contribution in [-0.2, 0) is 0 Å². The van der Waals surface area contributed by atoms with Crippen LogP contribution < -0.4 is 6.15 Å². The molecule has 0 fully saturated rings. The molecule has 0 aliphatic rings. The van der Waals surface area contributed by atoms with E-state index in [1.165, 1.54) is 5.56 Å². The van der Waals surface area contributed by atoms with E-state index in [0.717, 1.165) is 0 Å². The Morgan fingerprint density at radius 2 is 2.11 bits per heavy atom. The molecule has 1 aromatic heterocycles. The summed E-state index contributed by atoms with van der Waals surface area (Å²) in [5.41, 5.74) is 1.21. The molecule has 52 valence electrons. The molecule has 2 nitrogen and oxygen atoms in total. The highest BCUT2D eigenvalue weighted by Crippen LogP contribution is 1.88. The van der Waals surface area contributed by atoms with E-state index in [9.17, 15) is 0 Å². The zero-order valence-electron chi connectivity index (χ0n) is 5.37. The van der Waals surface area contributed by atoms with E-state index in [1.54, 1.807) is 6.20 Å². The summed E-state index contributed by atoms with van der Waals surface area (Å²) < 4.78 is 0. The van der Waals surface area contributed by atoms with Gasteiger partial charge in [-0.15, -0.1) is 17.0 Å². The van der Waals surface area contributed by atoms with Gasteiger partial charge in [-0.3, -0.25) is 4.98 Å². The summed E-state index contributed by atoms with van der Waals surface area (Å²) in [6.07, 6.45) is 3.60. The Bertz CT molecular complexity index is 141. The summed E-state index contributed by atoms with van der Waals surface area (Å²) in [7, 11) is 0. The molecule has 3 heteroatoms. The van der Waals surface area contributed by atoms with E-state index in [2.05, 4.69) is 4.98 Å². The van der Waals surface area contributed by atoms with Gasteiger partial charge in [0.2, 0.25) is 0 Å². The highest BCUT2D eigenvalue weighted by atomic mass is 79.9. The Morgan fingerprint density at radius 3 is 2.33 bits per heavy atom. The summed E-state index contributed by atoms with van der Waals surface area (Å²) in [6, 6.07) is 3.95. The molecule has 0 saturated heterocycles. The first kappa shape index (κ1) is 11.4. The van der Waals surface area contributed by atoms with Gasteiger partial charge in [0.15, 0.2) is 0 Å². The Labute approximate surface area is 65.7 Å². The van der Waals surface area contributed by atoms with Gasteiger partial charge in [0.05, 0.1) is 0 Å². The Hall–Kier alpha value is -0.410. The van der Waals surface area contributed by atoms with Crippen LogP contribution in [0.15, 0.2) is 24.5 Å². The van der Waals surface area contributed by atoms with Crippen molar-refractivity contribution in [1.29, 1.82) is 0 Å². The maximum Gasteiger partial charge on any atom is 0.0297 e. The van der Waals surface area contributed by atoms with Crippen molar-refractivity contribution >= 4 is 17.0 Å². The van der Waals surface area contributed by atoms with Crippen LogP contribution in [0.4, 0.5) is 0 Å². The van der Waals surface area contributed by atoms with Crippen molar-refractivity contribution in [3.63, 3.8) is 0 Å². The molecule has 0 saturated carbocycles. The van der Waals surface area contributed by atoms with Gasteiger partial charge in [-0.2, -0.15) is 0 Å². The minimum Gasteiger partial charge on any atom is -0.344 e. The summed E-state index contributed by atoms with van der Waals surface area (Å²) in [5.74, 6) is 0. The fraction of sp³-hybridized carbons (Fsp3) is 0.167. The quantitative estimate of drug-likeness (QED) is 0.682. The van der Waals surface area contributed by atoms with E-state index >= 15 is 0 Å². The highest BCUT2D eigenvalue weighted by Gasteiger charge is 1.73. The topological polar surface area (TPSA) is 47.9 Å². The molecule has 0 atom stereocenters. The normalized spacial score (nSPS) is 6.78. The van der Waals surface area contributed by atoms with Gasteiger partial charge in [0, 0.05) is 12.4 Å². The molecule has 0 aliphatic carbocycles. The van der Waals surface area contributed by atoms with Crippen LogP contribution in [0.3, 0.4) is 0 Å². The Morgan fingerprint density at radius 1 is 1.44 bits per heavy atom. The number of aromatic nitrogens is 1. The summed E-state index contributed by atoms with van der Waals surface area (Å²) in [6.45, 7) is 2.02. The van der Waals surface area contributed by atoms with Crippen LogP contribution in [0.25, 0.3) is 0 Å². The predicted octanol–water partition coefficient (Wildman–Crippen LogP) is 2.13. The second kappa shape index (κ2) is 5.72. The third-order valence-corrected chi connectivity index (χ3v) is 0.809. The third kappa shape index (κ3) is 4.12. The van der Waals surface area contributed by atoms with Gasteiger partial charge in [-0.05, 0) is 18.6 Å². The number of nitrogens with zero attached hydrogens (tertiary/aromatic N) is 1. The fourth-order valence-corrected chi connectivity index (χ4v) is 0.448. The fourth-order valence-electron chi connectivity index (χ4n) is 0.448. The molecule has 0 radical (unpaired) electrons. The SMILES string of the molecule is Br.Cc1cccnc1.N. The van der Waals surface area contributed by atoms with Crippen molar-refractivity contribution < 1.29 is 0 Å². The van der Waals surface area contributed by atoms with Crippen molar-refractivity contribution in [2.24, 2.45) is 0 Å². The number of hydrogen-bond donors (Lipinski definition) is 1. The lowest BCUT2D eigenvalue weighted by molar-refractivity contribution is 1.27. The smallest absolute Gasteiger partial charge is 0.0297 e. The van der Waals surface area contributed by atoms with Crippen molar-refractivity contribution in [3.05, 3.63) is 30.1 Å². The lowest BCUT2D eigenvalue weighted by Gasteiger charge is -1.82. The van der Waals surface area contributed by atoms with Gasteiger partial charge in [0.1, 0.15) is 0 Å². The highest BCUT2D eigenvalue weighted by molar-refractivity contribution is 8.93. The lowest BCUT2D eigenvalue weighted by Crippen LogP contribution is -1.69. The van der Waals surface area contributed by atoms with Gasteiger partial charge < -0.3 is 6.15 Å². The third-order valence-electron chi connectivity index (χ3n) is 0.809. The first-order chi connectivity index (χ1) is 3.39. The van der Waals surface area contributed by atoms with E-state index in [1.807, 2.05) is 25.3 Å². The average Bonchev–Trinajstić information content (AvgIpc) is 1.69. The van der Waals surface area contributed by atoms with Crippen molar-refractivity contribution in [2.45, 2.75) is 6.92 Å². The Kier molecular flexibility index (Phi) is 7.24. The number of pyridine rings is 1.